The molecule has 0 radical (unpaired) electrons. The highest BCUT2D eigenvalue weighted by Crippen LogP contribution is 2.32. The minimum Gasteiger partial charge on any atom is -0.451 e. The van der Waals surface area contributed by atoms with Gasteiger partial charge >= 0.3 is 0 Å². The van der Waals surface area contributed by atoms with E-state index in [2.05, 4.69) is 17.1 Å². The van der Waals surface area contributed by atoms with E-state index in [0.717, 1.165) is 32.0 Å². The molecule has 3 fully saturated rings. The molecule has 3 saturated heterocycles. The maximum Gasteiger partial charge on any atom is 0.287 e. The molecule has 2 aromatic rings. The summed E-state index contributed by atoms with van der Waals surface area (Å²) in [4.78, 5) is 14.9. The Morgan fingerprint density at radius 1 is 1.16 bits per heavy atom. The third-order valence-electron chi connectivity index (χ3n) is 5.45. The fraction of sp³-hybridized carbons (Fsp3) is 0.421. The van der Waals surface area contributed by atoms with E-state index >= 15 is 0 Å². The molecule has 132 valence electrons. The van der Waals surface area contributed by atoms with Crippen molar-refractivity contribution in [1.29, 1.82) is 0 Å². The molecule has 3 aliphatic rings. The number of halogens is 2. The average Bonchev–Trinajstić information content (AvgIpc) is 3.08. The summed E-state index contributed by atoms with van der Waals surface area (Å²) in [5.74, 6) is -0.727. The molecule has 6 heteroatoms. The summed E-state index contributed by atoms with van der Waals surface area (Å²) in [5, 5.41) is 3.08. The Kier molecular flexibility index (Phi) is 4.07. The van der Waals surface area contributed by atoms with Gasteiger partial charge in [0.1, 0.15) is 17.4 Å². The average molecular weight is 346 g/mol. The van der Waals surface area contributed by atoms with Gasteiger partial charge in [0, 0.05) is 23.7 Å². The second-order valence-corrected chi connectivity index (χ2v) is 6.94. The van der Waals surface area contributed by atoms with E-state index in [4.69, 9.17) is 4.42 Å². The largest absolute Gasteiger partial charge is 0.451 e. The number of nitrogens with zero attached hydrogens (tertiary/aromatic N) is 1. The number of carbonyl (C=O) groups is 1. The number of rotatable bonds is 3. The normalized spacial score (nSPS) is 28.1. The van der Waals surface area contributed by atoms with Crippen LogP contribution in [-0.4, -0.2) is 36.0 Å². The van der Waals surface area contributed by atoms with Crippen LogP contribution in [0.3, 0.4) is 0 Å². The predicted molar refractivity (Wildman–Crippen MR) is 89.1 cm³/mol. The first-order chi connectivity index (χ1) is 12.0. The Morgan fingerprint density at radius 3 is 2.48 bits per heavy atom. The highest BCUT2D eigenvalue weighted by atomic mass is 19.1. The molecule has 2 atom stereocenters. The van der Waals surface area contributed by atoms with Crippen LogP contribution in [0, 0.1) is 17.6 Å². The van der Waals surface area contributed by atoms with Gasteiger partial charge in [-0.25, -0.2) is 8.78 Å². The van der Waals surface area contributed by atoms with Gasteiger partial charge in [-0.1, -0.05) is 0 Å². The Bertz CT molecular complexity index is 774. The molecular formula is C19H20F2N2O2. The van der Waals surface area contributed by atoms with Crippen molar-refractivity contribution in [3.8, 4) is 11.3 Å². The predicted octanol–water partition coefficient (Wildman–Crippen LogP) is 3.44. The van der Waals surface area contributed by atoms with Crippen molar-refractivity contribution in [2.45, 2.75) is 31.8 Å². The van der Waals surface area contributed by atoms with Crippen LogP contribution >= 0.6 is 0 Å². The maximum absolute atomic E-state index is 13.4. The van der Waals surface area contributed by atoms with Gasteiger partial charge in [-0.3, -0.25) is 9.69 Å². The number of amides is 1. The molecule has 0 aliphatic carbocycles. The monoisotopic (exact) mass is 346 g/mol. The smallest absolute Gasteiger partial charge is 0.287 e. The summed E-state index contributed by atoms with van der Waals surface area (Å²) in [7, 11) is 0. The highest BCUT2D eigenvalue weighted by molar-refractivity contribution is 5.92. The molecule has 1 N–H and O–H groups in total. The summed E-state index contributed by atoms with van der Waals surface area (Å²) < 4.78 is 32.2. The zero-order valence-electron chi connectivity index (χ0n) is 14.0. The Morgan fingerprint density at radius 2 is 1.84 bits per heavy atom. The molecule has 2 unspecified atom stereocenters. The fourth-order valence-electron chi connectivity index (χ4n) is 4.08. The van der Waals surface area contributed by atoms with E-state index in [9.17, 15) is 13.6 Å². The van der Waals surface area contributed by atoms with Crippen LogP contribution in [0.25, 0.3) is 11.3 Å². The zero-order valence-corrected chi connectivity index (χ0v) is 14.0. The maximum atomic E-state index is 13.4. The number of carbonyl (C=O) groups excluding carboxylic acids is 1. The number of piperidine rings is 3. The lowest BCUT2D eigenvalue weighted by Crippen LogP contribution is -2.62. The van der Waals surface area contributed by atoms with Crippen molar-refractivity contribution >= 4 is 5.91 Å². The molecule has 0 saturated carbocycles. The lowest BCUT2D eigenvalue weighted by atomic mass is 9.79. The van der Waals surface area contributed by atoms with Gasteiger partial charge in [-0.2, -0.15) is 0 Å². The van der Waals surface area contributed by atoms with Crippen LogP contribution in [-0.2, 0) is 0 Å². The molecule has 2 bridgehead atoms. The van der Waals surface area contributed by atoms with Crippen molar-refractivity contribution in [1.82, 2.24) is 10.2 Å². The summed E-state index contributed by atoms with van der Waals surface area (Å²) in [6.07, 6.45) is 2.20. The molecule has 4 nitrogen and oxygen atoms in total. The Hall–Kier alpha value is -2.21. The minimum atomic E-state index is -0.682. The topological polar surface area (TPSA) is 45.5 Å². The van der Waals surface area contributed by atoms with Crippen molar-refractivity contribution in [3.63, 3.8) is 0 Å². The fourth-order valence-corrected chi connectivity index (χ4v) is 4.08. The molecule has 1 aromatic carbocycles. The second kappa shape index (κ2) is 6.26. The van der Waals surface area contributed by atoms with Gasteiger partial charge in [0.2, 0.25) is 0 Å². The quantitative estimate of drug-likeness (QED) is 0.926. The molecule has 0 spiro atoms. The SMILES string of the molecule is CC1C(NC(=O)c2ccc(-c3cc(F)cc(F)c3)o2)C2CCN1CC2. The summed E-state index contributed by atoms with van der Waals surface area (Å²) in [5.41, 5.74) is 0.271. The van der Waals surface area contributed by atoms with E-state index in [-0.39, 0.29) is 29.0 Å². The number of hydrogen-bond acceptors (Lipinski definition) is 3. The van der Waals surface area contributed by atoms with Crippen LogP contribution < -0.4 is 5.32 Å². The third-order valence-corrected chi connectivity index (χ3v) is 5.45. The van der Waals surface area contributed by atoms with Crippen LogP contribution in [0.5, 0.6) is 0 Å². The second-order valence-electron chi connectivity index (χ2n) is 6.94. The van der Waals surface area contributed by atoms with Crippen LogP contribution in [0.15, 0.2) is 34.7 Å². The minimum absolute atomic E-state index is 0.107. The molecular weight excluding hydrogens is 326 g/mol. The van der Waals surface area contributed by atoms with Crippen molar-refractivity contribution in [2.24, 2.45) is 5.92 Å². The molecule has 25 heavy (non-hydrogen) atoms. The van der Waals surface area contributed by atoms with Gasteiger partial charge in [-0.15, -0.1) is 0 Å². The van der Waals surface area contributed by atoms with E-state index in [1.807, 2.05) is 0 Å². The first kappa shape index (κ1) is 16.3. The lowest BCUT2D eigenvalue weighted by Gasteiger charge is -2.49. The van der Waals surface area contributed by atoms with E-state index in [1.165, 1.54) is 12.1 Å². The van der Waals surface area contributed by atoms with E-state index in [0.29, 0.717) is 12.0 Å². The van der Waals surface area contributed by atoms with Gasteiger partial charge in [0.05, 0.1) is 0 Å². The van der Waals surface area contributed by atoms with Gasteiger partial charge < -0.3 is 9.73 Å². The number of benzene rings is 1. The first-order valence-corrected chi connectivity index (χ1v) is 8.62. The van der Waals surface area contributed by atoms with Crippen molar-refractivity contribution in [2.75, 3.05) is 13.1 Å². The standard InChI is InChI=1S/C19H20F2N2O2/c1-11-18(12-4-6-23(11)7-5-12)22-19(24)17-3-2-16(25-17)13-8-14(20)10-15(21)9-13/h2-3,8-12,18H,4-7H2,1H3,(H,22,24). The van der Waals surface area contributed by atoms with Crippen molar-refractivity contribution < 1.29 is 18.0 Å². The number of hydrogen-bond donors (Lipinski definition) is 1. The van der Waals surface area contributed by atoms with E-state index in [1.54, 1.807) is 12.1 Å². The lowest BCUT2D eigenvalue weighted by molar-refractivity contribution is 0.0211. The van der Waals surface area contributed by atoms with Crippen molar-refractivity contribution in [3.05, 3.63) is 47.7 Å². The van der Waals surface area contributed by atoms with Crippen LogP contribution in [0.1, 0.15) is 30.3 Å². The number of furan rings is 1. The molecule has 5 rings (SSSR count). The summed E-state index contributed by atoms with van der Waals surface area (Å²) >= 11 is 0. The number of fused-ring (bicyclic) bond motifs is 3. The molecule has 1 amide bonds. The first-order valence-electron chi connectivity index (χ1n) is 8.62. The Labute approximate surface area is 144 Å². The van der Waals surface area contributed by atoms with Gasteiger partial charge in [0.25, 0.3) is 5.91 Å². The summed E-state index contributed by atoms with van der Waals surface area (Å²) in [6.45, 7) is 4.32. The zero-order chi connectivity index (χ0) is 17.6. The van der Waals surface area contributed by atoms with Gasteiger partial charge in [0.15, 0.2) is 5.76 Å². The van der Waals surface area contributed by atoms with Gasteiger partial charge in [-0.05, 0) is 63.0 Å². The molecule has 1 aromatic heterocycles. The third kappa shape index (κ3) is 3.06. The molecule has 4 heterocycles. The highest BCUT2D eigenvalue weighted by Gasteiger charge is 2.40. The molecule has 3 aliphatic heterocycles. The van der Waals surface area contributed by atoms with E-state index < -0.39 is 11.6 Å². The van der Waals surface area contributed by atoms with Crippen LogP contribution in [0.4, 0.5) is 8.78 Å². The number of nitrogens with one attached hydrogen (secondary N) is 1. The Balaban J connectivity index is 1.51. The summed E-state index contributed by atoms with van der Waals surface area (Å²) in [6, 6.07) is 6.67. The van der Waals surface area contributed by atoms with Crippen LogP contribution in [0.2, 0.25) is 0 Å².